The van der Waals surface area contributed by atoms with Crippen molar-refractivity contribution >= 4 is 43.1 Å². The number of fused-ring (bicyclic) bond motifs is 4. The van der Waals surface area contributed by atoms with Gasteiger partial charge in [0.2, 0.25) is 0 Å². The van der Waals surface area contributed by atoms with E-state index in [0.717, 1.165) is 47.0 Å². The number of aryl methyl sites for hydroxylation is 2. The molecular weight excluding hydrogens is 724 g/mol. The summed E-state index contributed by atoms with van der Waals surface area (Å²) in [5, 5.41) is 10.2. The molecule has 0 amide bonds. The van der Waals surface area contributed by atoms with Crippen molar-refractivity contribution < 1.29 is 35.0 Å². The van der Waals surface area contributed by atoms with E-state index in [1.54, 1.807) is 0 Å². The second kappa shape index (κ2) is 14.9. The summed E-state index contributed by atoms with van der Waals surface area (Å²) in [4.78, 5) is 0. The standard InChI is InChI=1S/2C25H19O.Zr/c2*1-2-20-13-14-25(26-20)19-15-18-9-6-12-23(24(18)16-19)22-11-5-8-17-7-3-4-10-21(17)22;/h2*3-16H,2H2,1H3;/q2*-1;+2. The third kappa shape index (κ3) is 6.56. The van der Waals surface area contributed by atoms with Gasteiger partial charge in [-0.05, 0) is 56.9 Å². The molecular formula is C50H38O2Zr. The first-order valence-corrected chi connectivity index (χ1v) is 18.2. The average molecular weight is 762 g/mol. The van der Waals surface area contributed by atoms with Crippen molar-refractivity contribution in [3.63, 3.8) is 0 Å². The molecule has 0 atom stereocenters. The summed E-state index contributed by atoms with van der Waals surface area (Å²) in [5.41, 5.74) is 7.39. The van der Waals surface area contributed by atoms with Gasteiger partial charge in [0.1, 0.15) is 0 Å². The van der Waals surface area contributed by atoms with Crippen LogP contribution in [0.2, 0.25) is 0 Å². The monoisotopic (exact) mass is 760 g/mol. The first-order valence-electron chi connectivity index (χ1n) is 18.2. The number of furan rings is 2. The summed E-state index contributed by atoms with van der Waals surface area (Å²) in [5.74, 6) is 3.95. The van der Waals surface area contributed by atoms with Crippen molar-refractivity contribution in [3.8, 4) is 44.9 Å². The molecule has 3 heteroatoms. The molecule has 0 saturated heterocycles. The van der Waals surface area contributed by atoms with Crippen molar-refractivity contribution in [3.05, 3.63) is 181 Å². The number of benzene rings is 6. The smallest absolute Gasteiger partial charge is 0.496 e. The van der Waals surface area contributed by atoms with E-state index in [-0.39, 0.29) is 26.2 Å². The van der Waals surface area contributed by atoms with Gasteiger partial charge in [-0.2, -0.15) is 0 Å². The Morgan fingerprint density at radius 2 is 0.774 bits per heavy atom. The largest absolute Gasteiger partial charge is 2.00 e. The minimum Gasteiger partial charge on any atom is -0.496 e. The van der Waals surface area contributed by atoms with Crippen LogP contribution >= 0.6 is 0 Å². The maximum atomic E-state index is 5.96. The molecule has 0 spiro atoms. The van der Waals surface area contributed by atoms with Crippen molar-refractivity contribution in [2.24, 2.45) is 0 Å². The molecule has 0 aliphatic rings. The van der Waals surface area contributed by atoms with Crippen LogP contribution in [0.3, 0.4) is 0 Å². The van der Waals surface area contributed by atoms with Gasteiger partial charge in [-0.25, -0.2) is 0 Å². The van der Waals surface area contributed by atoms with Crippen molar-refractivity contribution in [1.82, 2.24) is 0 Å². The summed E-state index contributed by atoms with van der Waals surface area (Å²) < 4.78 is 11.9. The van der Waals surface area contributed by atoms with Crippen LogP contribution in [0.15, 0.2) is 179 Å². The maximum absolute atomic E-state index is 5.96. The molecule has 0 aliphatic carbocycles. The number of hydrogen-bond donors (Lipinski definition) is 0. The van der Waals surface area contributed by atoms with Crippen LogP contribution in [0.1, 0.15) is 25.4 Å². The topological polar surface area (TPSA) is 26.3 Å². The first-order chi connectivity index (χ1) is 25.7. The van der Waals surface area contributed by atoms with E-state index in [9.17, 15) is 0 Å². The summed E-state index contributed by atoms with van der Waals surface area (Å²) in [7, 11) is 0. The van der Waals surface area contributed by atoms with Gasteiger partial charge < -0.3 is 8.83 Å². The average Bonchev–Trinajstić information content (AvgIpc) is 4.03. The molecule has 254 valence electrons. The quantitative estimate of drug-likeness (QED) is 0.158. The third-order valence-electron chi connectivity index (χ3n) is 10.3. The van der Waals surface area contributed by atoms with Gasteiger partial charge in [0, 0.05) is 12.8 Å². The Balaban J connectivity index is 0.000000148. The molecule has 2 aromatic heterocycles. The zero-order valence-corrected chi connectivity index (χ0v) is 32.4. The molecule has 0 radical (unpaired) electrons. The molecule has 53 heavy (non-hydrogen) atoms. The summed E-state index contributed by atoms with van der Waals surface area (Å²) >= 11 is 0. The zero-order valence-electron chi connectivity index (χ0n) is 29.9. The maximum Gasteiger partial charge on any atom is 2.00 e. The molecule has 0 bridgehead atoms. The van der Waals surface area contributed by atoms with Gasteiger partial charge in [0.25, 0.3) is 0 Å². The molecule has 0 saturated carbocycles. The minimum atomic E-state index is 0. The fraction of sp³-hybridized carbons (Fsp3) is 0.0800. The van der Waals surface area contributed by atoms with Gasteiger partial charge >= 0.3 is 26.2 Å². The van der Waals surface area contributed by atoms with Crippen LogP contribution in [0, 0.1) is 0 Å². The van der Waals surface area contributed by atoms with Crippen molar-refractivity contribution in [2.75, 3.05) is 0 Å². The van der Waals surface area contributed by atoms with Crippen LogP contribution < -0.4 is 0 Å². The van der Waals surface area contributed by atoms with E-state index in [1.807, 2.05) is 0 Å². The Bertz CT molecular complexity index is 2630. The molecule has 10 aromatic rings. The van der Waals surface area contributed by atoms with E-state index in [0.29, 0.717) is 0 Å². The van der Waals surface area contributed by atoms with Gasteiger partial charge in [0.05, 0.1) is 23.0 Å². The summed E-state index contributed by atoms with van der Waals surface area (Å²) in [6, 6.07) is 60.5. The molecule has 8 aromatic carbocycles. The number of rotatable bonds is 6. The van der Waals surface area contributed by atoms with Gasteiger partial charge in [-0.3, -0.25) is 0 Å². The second-order valence-corrected chi connectivity index (χ2v) is 13.4. The second-order valence-electron chi connectivity index (χ2n) is 13.4. The van der Waals surface area contributed by atoms with Crippen molar-refractivity contribution in [1.29, 1.82) is 0 Å². The Morgan fingerprint density at radius 3 is 1.19 bits per heavy atom. The fourth-order valence-corrected chi connectivity index (χ4v) is 7.59. The van der Waals surface area contributed by atoms with E-state index < -0.39 is 0 Å². The van der Waals surface area contributed by atoms with Crippen LogP contribution in [0.4, 0.5) is 0 Å². The van der Waals surface area contributed by atoms with E-state index >= 15 is 0 Å². The number of hydrogen-bond acceptors (Lipinski definition) is 2. The van der Waals surface area contributed by atoms with E-state index in [2.05, 4.69) is 184 Å². The molecule has 0 fully saturated rings. The van der Waals surface area contributed by atoms with E-state index in [4.69, 9.17) is 8.83 Å². The minimum absolute atomic E-state index is 0. The zero-order chi connectivity index (χ0) is 35.0. The Kier molecular flexibility index (Phi) is 9.69. The molecule has 0 aliphatic heterocycles. The predicted molar refractivity (Wildman–Crippen MR) is 219 cm³/mol. The van der Waals surface area contributed by atoms with Crippen LogP contribution in [-0.4, -0.2) is 0 Å². The fourth-order valence-electron chi connectivity index (χ4n) is 7.59. The van der Waals surface area contributed by atoms with Gasteiger partial charge in [0.15, 0.2) is 0 Å². The SMILES string of the molecule is CCc1ccc(-c2cc3c(-c4cccc5ccccc45)cccc3[cH-]2)o1.CCc1ccc(-c2cc3c(-c4cccc5ccccc45)cccc3[cH-]2)o1.[Zr+2]. The Morgan fingerprint density at radius 1 is 0.396 bits per heavy atom. The normalized spacial score (nSPS) is 11.2. The summed E-state index contributed by atoms with van der Waals surface area (Å²) in [6.45, 7) is 4.23. The predicted octanol–water partition coefficient (Wildman–Crippen LogP) is 14.4. The first kappa shape index (κ1) is 34.6. The molecule has 0 N–H and O–H groups in total. The third-order valence-corrected chi connectivity index (χ3v) is 10.3. The molecule has 0 unspecified atom stereocenters. The summed E-state index contributed by atoms with van der Waals surface area (Å²) in [6.07, 6.45) is 1.84. The van der Waals surface area contributed by atoms with Crippen LogP contribution in [0.5, 0.6) is 0 Å². The Hall–Kier alpha value is -5.50. The van der Waals surface area contributed by atoms with Crippen LogP contribution in [0.25, 0.3) is 88.0 Å². The van der Waals surface area contributed by atoms with Crippen LogP contribution in [-0.2, 0) is 39.0 Å². The Labute approximate surface area is 329 Å². The van der Waals surface area contributed by atoms with Gasteiger partial charge in [-0.15, -0.1) is 57.9 Å². The molecule has 2 nitrogen and oxygen atoms in total. The van der Waals surface area contributed by atoms with E-state index in [1.165, 1.54) is 65.3 Å². The van der Waals surface area contributed by atoms with Crippen molar-refractivity contribution in [2.45, 2.75) is 26.7 Å². The van der Waals surface area contributed by atoms with Gasteiger partial charge in [-0.1, -0.05) is 145 Å². The molecule has 10 rings (SSSR count). The molecule has 2 heterocycles.